The van der Waals surface area contributed by atoms with E-state index in [1.807, 2.05) is 0 Å². The molecule has 0 spiro atoms. The molecule has 0 aromatic heterocycles. The number of hydrogen-bond donors (Lipinski definition) is 1. The summed E-state index contributed by atoms with van der Waals surface area (Å²) in [6.45, 7) is 4.75. The van der Waals surface area contributed by atoms with Crippen molar-refractivity contribution in [3.8, 4) is 0 Å². The molecular formula is C13H25NO. The van der Waals surface area contributed by atoms with Crippen LogP contribution in [0.25, 0.3) is 0 Å². The van der Waals surface area contributed by atoms with Gasteiger partial charge in [-0.15, -0.1) is 0 Å². The summed E-state index contributed by atoms with van der Waals surface area (Å²) in [5.41, 5.74) is 0. The minimum absolute atomic E-state index is 0.0445. The lowest BCUT2D eigenvalue weighted by molar-refractivity contribution is 0.00379. The Hall–Kier alpha value is -0.0800. The van der Waals surface area contributed by atoms with Crippen molar-refractivity contribution in [3.63, 3.8) is 0 Å². The molecule has 88 valence electrons. The Morgan fingerprint density at radius 2 is 1.73 bits per heavy atom. The van der Waals surface area contributed by atoms with E-state index in [0.717, 1.165) is 12.3 Å². The molecular weight excluding hydrogens is 186 g/mol. The van der Waals surface area contributed by atoms with Crippen molar-refractivity contribution >= 4 is 0 Å². The molecule has 0 radical (unpaired) electrons. The van der Waals surface area contributed by atoms with Crippen LogP contribution in [0.1, 0.15) is 51.9 Å². The third-order valence-corrected chi connectivity index (χ3v) is 4.39. The first-order valence-electron chi connectivity index (χ1n) is 6.73. The molecule has 0 unspecified atom stereocenters. The number of hydrogen-bond acceptors (Lipinski definition) is 2. The Balaban J connectivity index is 1.83. The first-order valence-corrected chi connectivity index (χ1v) is 6.73. The van der Waals surface area contributed by atoms with E-state index in [9.17, 15) is 5.11 Å². The summed E-state index contributed by atoms with van der Waals surface area (Å²) >= 11 is 0. The molecule has 2 atom stereocenters. The lowest BCUT2D eigenvalue weighted by Crippen LogP contribution is -2.48. The molecule has 2 rings (SSSR count). The minimum Gasteiger partial charge on any atom is -0.391 e. The van der Waals surface area contributed by atoms with E-state index >= 15 is 0 Å². The van der Waals surface area contributed by atoms with E-state index in [1.54, 1.807) is 0 Å². The summed E-state index contributed by atoms with van der Waals surface area (Å²) < 4.78 is 0. The quantitative estimate of drug-likeness (QED) is 0.758. The second kappa shape index (κ2) is 5.31. The maximum atomic E-state index is 10.0. The topological polar surface area (TPSA) is 23.5 Å². The molecule has 0 aromatic carbocycles. The van der Waals surface area contributed by atoms with Crippen LogP contribution in [-0.4, -0.2) is 35.2 Å². The number of aliphatic hydroxyl groups is 1. The fraction of sp³-hybridized carbons (Fsp3) is 1.00. The molecule has 1 N–H and O–H groups in total. The Kier molecular flexibility index (Phi) is 4.04. The van der Waals surface area contributed by atoms with Crippen LogP contribution in [-0.2, 0) is 0 Å². The van der Waals surface area contributed by atoms with Crippen molar-refractivity contribution in [2.75, 3.05) is 13.1 Å². The monoisotopic (exact) mass is 211 g/mol. The average molecular weight is 211 g/mol. The molecule has 2 heteroatoms. The molecule has 1 saturated carbocycles. The zero-order valence-electron chi connectivity index (χ0n) is 9.99. The highest BCUT2D eigenvalue weighted by molar-refractivity contribution is 4.85. The van der Waals surface area contributed by atoms with Gasteiger partial charge in [-0.3, -0.25) is 4.90 Å². The van der Waals surface area contributed by atoms with Crippen LogP contribution >= 0.6 is 0 Å². The smallest absolute Gasteiger partial charge is 0.0695 e. The second-order valence-corrected chi connectivity index (χ2v) is 5.31. The molecule has 0 amide bonds. The maximum Gasteiger partial charge on any atom is 0.0695 e. The van der Waals surface area contributed by atoms with Gasteiger partial charge < -0.3 is 5.11 Å². The first-order chi connectivity index (χ1) is 7.31. The Labute approximate surface area is 93.7 Å². The predicted octanol–water partition coefficient (Wildman–Crippen LogP) is 2.41. The lowest BCUT2D eigenvalue weighted by atomic mass is 9.87. The van der Waals surface area contributed by atoms with Crippen LogP contribution in [0, 0.1) is 5.92 Å². The minimum atomic E-state index is -0.0445. The third kappa shape index (κ3) is 2.73. The highest BCUT2D eigenvalue weighted by atomic mass is 16.3. The van der Waals surface area contributed by atoms with Crippen molar-refractivity contribution in [2.45, 2.75) is 64.0 Å². The van der Waals surface area contributed by atoms with Gasteiger partial charge in [0.2, 0.25) is 0 Å². The molecule has 2 aliphatic rings. The SMILES string of the molecule is CCC1CCN([C@H]2CCCC[C@@H]2O)CC1. The number of aliphatic hydroxyl groups excluding tert-OH is 1. The van der Waals surface area contributed by atoms with Gasteiger partial charge in [0.15, 0.2) is 0 Å². The van der Waals surface area contributed by atoms with Crippen molar-refractivity contribution in [2.24, 2.45) is 5.92 Å². The average Bonchev–Trinajstić information content (AvgIpc) is 2.30. The predicted molar refractivity (Wildman–Crippen MR) is 62.9 cm³/mol. The third-order valence-electron chi connectivity index (χ3n) is 4.39. The molecule has 1 aliphatic heterocycles. The molecule has 1 heterocycles. The Morgan fingerprint density at radius 3 is 2.33 bits per heavy atom. The van der Waals surface area contributed by atoms with Gasteiger partial charge in [-0.25, -0.2) is 0 Å². The molecule has 1 aliphatic carbocycles. The number of rotatable bonds is 2. The van der Waals surface area contributed by atoms with Gasteiger partial charge in [-0.05, 0) is 44.7 Å². The molecule has 0 aromatic rings. The van der Waals surface area contributed by atoms with Crippen molar-refractivity contribution in [1.82, 2.24) is 4.90 Å². The second-order valence-electron chi connectivity index (χ2n) is 5.31. The largest absolute Gasteiger partial charge is 0.391 e. The Morgan fingerprint density at radius 1 is 1.07 bits per heavy atom. The first kappa shape index (κ1) is 11.4. The fourth-order valence-electron chi connectivity index (χ4n) is 3.21. The highest BCUT2D eigenvalue weighted by Gasteiger charge is 2.30. The molecule has 0 bridgehead atoms. The van der Waals surface area contributed by atoms with Crippen LogP contribution in [0.15, 0.2) is 0 Å². The van der Waals surface area contributed by atoms with Crippen LogP contribution < -0.4 is 0 Å². The summed E-state index contributed by atoms with van der Waals surface area (Å²) in [6.07, 6.45) is 8.77. The number of likely N-dealkylation sites (tertiary alicyclic amines) is 1. The maximum absolute atomic E-state index is 10.0. The molecule has 15 heavy (non-hydrogen) atoms. The summed E-state index contributed by atoms with van der Waals surface area (Å²) in [4.78, 5) is 2.55. The van der Waals surface area contributed by atoms with E-state index in [0.29, 0.717) is 6.04 Å². The van der Waals surface area contributed by atoms with Gasteiger partial charge in [0.05, 0.1) is 6.10 Å². The fourth-order valence-corrected chi connectivity index (χ4v) is 3.21. The normalized spacial score (nSPS) is 35.6. The van der Waals surface area contributed by atoms with Gasteiger partial charge in [0.25, 0.3) is 0 Å². The zero-order valence-corrected chi connectivity index (χ0v) is 9.99. The van der Waals surface area contributed by atoms with Crippen LogP contribution in [0.5, 0.6) is 0 Å². The van der Waals surface area contributed by atoms with Gasteiger partial charge in [-0.1, -0.05) is 26.2 Å². The van der Waals surface area contributed by atoms with E-state index in [1.165, 1.54) is 51.6 Å². The van der Waals surface area contributed by atoms with Gasteiger partial charge in [0.1, 0.15) is 0 Å². The number of nitrogens with zero attached hydrogens (tertiary/aromatic N) is 1. The van der Waals surface area contributed by atoms with Crippen molar-refractivity contribution in [1.29, 1.82) is 0 Å². The lowest BCUT2D eigenvalue weighted by Gasteiger charge is -2.41. The number of piperidine rings is 1. The van der Waals surface area contributed by atoms with Crippen LogP contribution in [0.2, 0.25) is 0 Å². The molecule has 2 nitrogen and oxygen atoms in total. The summed E-state index contributed by atoms with van der Waals surface area (Å²) in [6, 6.07) is 0.483. The zero-order chi connectivity index (χ0) is 10.7. The molecule has 1 saturated heterocycles. The molecule has 2 fully saturated rings. The van der Waals surface area contributed by atoms with Crippen molar-refractivity contribution in [3.05, 3.63) is 0 Å². The van der Waals surface area contributed by atoms with Crippen LogP contribution in [0.4, 0.5) is 0 Å². The Bertz CT molecular complexity index is 187. The van der Waals surface area contributed by atoms with Gasteiger partial charge >= 0.3 is 0 Å². The standard InChI is InChI=1S/C13H25NO/c1-2-11-7-9-14(10-8-11)12-5-3-4-6-13(12)15/h11-13,15H,2-10H2,1H3/t12-,13-/m0/s1. The summed E-state index contributed by atoms with van der Waals surface area (Å²) in [7, 11) is 0. The van der Waals surface area contributed by atoms with E-state index in [2.05, 4.69) is 11.8 Å². The van der Waals surface area contributed by atoms with Gasteiger partial charge in [0, 0.05) is 6.04 Å². The van der Waals surface area contributed by atoms with E-state index in [4.69, 9.17) is 0 Å². The van der Waals surface area contributed by atoms with Gasteiger partial charge in [-0.2, -0.15) is 0 Å². The summed E-state index contributed by atoms with van der Waals surface area (Å²) in [5, 5.41) is 10.0. The van der Waals surface area contributed by atoms with E-state index < -0.39 is 0 Å². The van der Waals surface area contributed by atoms with Crippen LogP contribution in [0.3, 0.4) is 0 Å². The van der Waals surface area contributed by atoms with E-state index in [-0.39, 0.29) is 6.10 Å². The van der Waals surface area contributed by atoms with Crippen molar-refractivity contribution < 1.29 is 5.11 Å². The highest BCUT2D eigenvalue weighted by Crippen LogP contribution is 2.28. The summed E-state index contributed by atoms with van der Waals surface area (Å²) in [5.74, 6) is 0.946.